The number of carbonyl (C=O) groups is 4. The number of ether oxygens (including phenoxy) is 4. The van der Waals surface area contributed by atoms with Crippen LogP contribution in [0.1, 0.15) is 71.6 Å². The average molecular weight is 529 g/mol. The van der Waals surface area contributed by atoms with E-state index in [2.05, 4.69) is 0 Å². The molecule has 0 radical (unpaired) electrons. The first-order chi connectivity index (χ1) is 18.1. The molecule has 0 aromatic rings. The normalized spacial score (nSPS) is 34.2. The zero-order valence-electron chi connectivity index (χ0n) is 22.1. The van der Waals surface area contributed by atoms with Gasteiger partial charge in [-0.25, -0.2) is 0 Å². The minimum absolute atomic E-state index is 0.00576. The molecule has 2 saturated heterocycles. The predicted octanol–water partition coefficient (Wildman–Crippen LogP) is 3.61. The number of hydrogen-bond donors (Lipinski definition) is 1. The van der Waals surface area contributed by atoms with Gasteiger partial charge >= 0.3 is 0 Å². The van der Waals surface area contributed by atoms with E-state index in [-0.39, 0.29) is 35.1 Å². The maximum atomic E-state index is 12.3. The van der Waals surface area contributed by atoms with Crippen LogP contribution >= 0.6 is 0 Å². The fourth-order valence-electron chi connectivity index (χ4n) is 7.16. The summed E-state index contributed by atoms with van der Waals surface area (Å²) in [6, 6.07) is 0. The lowest BCUT2D eigenvalue weighted by Gasteiger charge is -2.47. The first-order valence-corrected chi connectivity index (χ1v) is 13.5. The number of aliphatic hydroxyl groups excluding tert-OH is 1. The Bertz CT molecular complexity index is 1130. The standard InChI is InChI=1S/C15H18O5.C14H18O4/c1-10(17)14-7-11(8-16)13(18)6-12(14)2-3-15(9-14)19-4-5-20-15;1-10(15)13-4-3-12(16)8-11(13)2-5-14(9-13)17-6-7-18-14/h6,8,16H,2-5,7,9H2,1H3;8H,2-7,9H2,1H3/b11-8-;/t14-;13-/m11/s1. The summed E-state index contributed by atoms with van der Waals surface area (Å²) in [7, 11) is 0. The molecule has 2 heterocycles. The van der Waals surface area contributed by atoms with E-state index in [4.69, 9.17) is 18.9 Å². The minimum Gasteiger partial charge on any atom is -0.515 e. The van der Waals surface area contributed by atoms with Crippen molar-refractivity contribution in [3.63, 3.8) is 0 Å². The fourth-order valence-corrected chi connectivity index (χ4v) is 7.16. The molecule has 6 rings (SSSR count). The Morgan fingerprint density at radius 2 is 1.26 bits per heavy atom. The lowest BCUT2D eigenvalue weighted by Crippen LogP contribution is -2.49. The molecule has 206 valence electrons. The maximum absolute atomic E-state index is 12.3. The molecule has 0 amide bonds. The number of hydrogen-bond acceptors (Lipinski definition) is 9. The molecule has 9 heteroatoms. The van der Waals surface area contributed by atoms with Crippen molar-refractivity contribution in [3.05, 3.63) is 35.1 Å². The summed E-state index contributed by atoms with van der Waals surface area (Å²) in [6.07, 6.45) is 9.08. The van der Waals surface area contributed by atoms with Gasteiger partial charge in [0.15, 0.2) is 23.1 Å². The Labute approximate surface area is 222 Å². The predicted molar refractivity (Wildman–Crippen MR) is 134 cm³/mol. The number of ketones is 4. The summed E-state index contributed by atoms with van der Waals surface area (Å²) < 4.78 is 23.0. The lowest BCUT2D eigenvalue weighted by atomic mass is 9.60. The molecule has 6 aliphatic rings. The molecule has 0 aromatic heterocycles. The Hall–Kier alpha value is -2.46. The second-order valence-corrected chi connectivity index (χ2v) is 11.3. The van der Waals surface area contributed by atoms with Crippen molar-refractivity contribution in [3.8, 4) is 0 Å². The molecule has 4 fully saturated rings. The van der Waals surface area contributed by atoms with E-state index in [9.17, 15) is 24.3 Å². The molecule has 4 aliphatic carbocycles. The molecule has 0 aromatic carbocycles. The van der Waals surface area contributed by atoms with E-state index in [0.717, 1.165) is 30.2 Å². The van der Waals surface area contributed by atoms with Gasteiger partial charge in [-0.2, -0.15) is 0 Å². The van der Waals surface area contributed by atoms with E-state index in [1.165, 1.54) is 13.0 Å². The highest BCUT2D eigenvalue weighted by atomic mass is 16.7. The monoisotopic (exact) mass is 528 g/mol. The molecule has 0 bridgehead atoms. The van der Waals surface area contributed by atoms with Gasteiger partial charge < -0.3 is 24.1 Å². The molecule has 2 spiro atoms. The van der Waals surface area contributed by atoms with E-state index >= 15 is 0 Å². The molecule has 38 heavy (non-hydrogen) atoms. The van der Waals surface area contributed by atoms with Gasteiger partial charge in [-0.15, -0.1) is 0 Å². The van der Waals surface area contributed by atoms with Crippen LogP contribution in [0.4, 0.5) is 0 Å². The smallest absolute Gasteiger partial charge is 0.184 e. The van der Waals surface area contributed by atoms with Crippen LogP contribution in [-0.4, -0.2) is 66.2 Å². The Morgan fingerprint density at radius 3 is 1.76 bits per heavy atom. The molecular weight excluding hydrogens is 492 g/mol. The van der Waals surface area contributed by atoms with Crippen molar-refractivity contribution < 1.29 is 43.2 Å². The number of aliphatic hydroxyl groups is 1. The third kappa shape index (κ3) is 4.53. The Balaban J connectivity index is 0.000000156. The quantitative estimate of drug-likeness (QED) is 0.423. The van der Waals surface area contributed by atoms with E-state index in [1.54, 1.807) is 13.0 Å². The van der Waals surface area contributed by atoms with Crippen LogP contribution in [0, 0.1) is 10.8 Å². The summed E-state index contributed by atoms with van der Waals surface area (Å²) in [5, 5.41) is 9.22. The first-order valence-electron chi connectivity index (χ1n) is 13.5. The molecule has 9 nitrogen and oxygen atoms in total. The molecule has 0 unspecified atom stereocenters. The summed E-state index contributed by atoms with van der Waals surface area (Å²) in [6.45, 7) is 5.44. The van der Waals surface area contributed by atoms with Crippen LogP contribution in [0.15, 0.2) is 35.1 Å². The van der Waals surface area contributed by atoms with Crippen molar-refractivity contribution in [1.82, 2.24) is 0 Å². The van der Waals surface area contributed by atoms with Crippen molar-refractivity contribution >= 4 is 23.1 Å². The van der Waals surface area contributed by atoms with Crippen molar-refractivity contribution in [2.24, 2.45) is 10.8 Å². The fraction of sp³-hybridized carbons (Fsp3) is 0.655. The van der Waals surface area contributed by atoms with E-state index in [0.29, 0.717) is 65.0 Å². The van der Waals surface area contributed by atoms with Crippen LogP contribution in [0.5, 0.6) is 0 Å². The first kappa shape index (κ1) is 27.1. The highest BCUT2D eigenvalue weighted by molar-refractivity contribution is 6.08. The molecule has 2 saturated carbocycles. The van der Waals surface area contributed by atoms with Crippen LogP contribution in [0.3, 0.4) is 0 Å². The van der Waals surface area contributed by atoms with Gasteiger partial charge in [-0.3, -0.25) is 19.2 Å². The van der Waals surface area contributed by atoms with Crippen LogP contribution < -0.4 is 0 Å². The second-order valence-electron chi connectivity index (χ2n) is 11.3. The number of fused-ring (bicyclic) bond motifs is 2. The maximum Gasteiger partial charge on any atom is 0.184 e. The summed E-state index contributed by atoms with van der Waals surface area (Å²) in [5.41, 5.74) is 0.835. The Kier molecular flexibility index (Phi) is 7.09. The summed E-state index contributed by atoms with van der Waals surface area (Å²) in [5.74, 6) is -1.21. The average Bonchev–Trinajstić information content (AvgIpc) is 3.54. The third-order valence-electron chi connectivity index (χ3n) is 9.30. The third-order valence-corrected chi connectivity index (χ3v) is 9.30. The van der Waals surface area contributed by atoms with E-state index < -0.39 is 22.4 Å². The van der Waals surface area contributed by atoms with Gasteiger partial charge in [0.25, 0.3) is 0 Å². The number of rotatable bonds is 2. The van der Waals surface area contributed by atoms with Gasteiger partial charge in [0.1, 0.15) is 11.6 Å². The van der Waals surface area contributed by atoms with Crippen molar-refractivity contribution in [1.29, 1.82) is 0 Å². The number of allylic oxidation sites excluding steroid dienone is 5. The molecular formula is C29H36O9. The number of carbonyl (C=O) groups excluding carboxylic acids is 4. The van der Waals surface area contributed by atoms with Crippen LogP contribution in [0.25, 0.3) is 0 Å². The zero-order chi connectivity index (χ0) is 27.2. The van der Waals surface area contributed by atoms with Crippen molar-refractivity contribution in [2.75, 3.05) is 26.4 Å². The van der Waals surface area contributed by atoms with Gasteiger partial charge in [0.05, 0.1) is 43.5 Å². The SMILES string of the molecule is CC(=O)[C@]12C/C(=C/O)C(=O)C=C1CCC1(C2)OCCO1.CC(=O)[C@]12CCC(=O)C=C1CCC1(C2)OCCO1. The van der Waals surface area contributed by atoms with Crippen LogP contribution in [-0.2, 0) is 38.1 Å². The van der Waals surface area contributed by atoms with Crippen LogP contribution in [0.2, 0.25) is 0 Å². The van der Waals surface area contributed by atoms with Gasteiger partial charge in [0, 0.05) is 37.7 Å². The highest BCUT2D eigenvalue weighted by Gasteiger charge is 2.56. The van der Waals surface area contributed by atoms with Crippen molar-refractivity contribution in [2.45, 2.75) is 83.2 Å². The zero-order valence-corrected chi connectivity index (χ0v) is 22.1. The minimum atomic E-state index is -0.773. The second kappa shape index (κ2) is 9.93. The molecule has 1 N–H and O–H groups in total. The number of Topliss-reactive ketones (excluding diaryl/α,β-unsaturated/α-hetero) is 2. The molecule has 2 aliphatic heterocycles. The van der Waals surface area contributed by atoms with Gasteiger partial charge in [-0.05, 0) is 51.7 Å². The summed E-state index contributed by atoms with van der Waals surface area (Å²) in [4.78, 5) is 47.9. The lowest BCUT2D eigenvalue weighted by molar-refractivity contribution is -0.194. The van der Waals surface area contributed by atoms with Gasteiger partial charge in [-0.1, -0.05) is 11.1 Å². The molecule has 2 atom stereocenters. The van der Waals surface area contributed by atoms with E-state index in [1.807, 2.05) is 0 Å². The Morgan fingerprint density at radius 1 is 0.763 bits per heavy atom. The highest BCUT2D eigenvalue weighted by Crippen LogP contribution is 2.55. The summed E-state index contributed by atoms with van der Waals surface area (Å²) >= 11 is 0. The largest absolute Gasteiger partial charge is 0.515 e. The van der Waals surface area contributed by atoms with Gasteiger partial charge in [0.2, 0.25) is 0 Å². The topological polar surface area (TPSA) is 125 Å².